The second kappa shape index (κ2) is 8.25. The number of anilines is 1. The summed E-state index contributed by atoms with van der Waals surface area (Å²) in [6, 6.07) is 24.9. The van der Waals surface area contributed by atoms with Gasteiger partial charge in [0.1, 0.15) is 17.8 Å². The van der Waals surface area contributed by atoms with Gasteiger partial charge in [0.2, 0.25) is 0 Å². The van der Waals surface area contributed by atoms with E-state index in [1.165, 1.54) is 11.1 Å². The van der Waals surface area contributed by atoms with E-state index in [1.807, 2.05) is 54.6 Å². The number of amides is 4. The molecule has 1 aromatic heterocycles. The Morgan fingerprint density at radius 1 is 0.895 bits per heavy atom. The Labute approximate surface area is 218 Å². The van der Waals surface area contributed by atoms with Crippen molar-refractivity contribution in [1.29, 1.82) is 5.26 Å². The second-order valence-corrected chi connectivity index (χ2v) is 9.82. The smallest absolute Gasteiger partial charge is 0.331 e. The van der Waals surface area contributed by atoms with Crippen molar-refractivity contribution >= 4 is 34.3 Å². The molecule has 3 atom stereocenters. The van der Waals surface area contributed by atoms with Crippen LogP contribution in [0.15, 0.2) is 85.1 Å². The van der Waals surface area contributed by atoms with E-state index in [-0.39, 0.29) is 29.6 Å². The molecule has 0 radical (unpaired) electrons. The molecule has 2 unspecified atom stereocenters. The van der Waals surface area contributed by atoms with E-state index in [1.54, 1.807) is 34.1 Å². The van der Waals surface area contributed by atoms with E-state index >= 15 is 0 Å². The summed E-state index contributed by atoms with van der Waals surface area (Å²) in [7, 11) is 0. The van der Waals surface area contributed by atoms with Crippen molar-refractivity contribution in [3.63, 3.8) is 0 Å². The van der Waals surface area contributed by atoms with E-state index in [4.69, 9.17) is 0 Å². The summed E-state index contributed by atoms with van der Waals surface area (Å²) in [6.07, 6.45) is 1.99. The lowest BCUT2D eigenvalue weighted by molar-refractivity contribution is -0.121. The van der Waals surface area contributed by atoms with Crippen LogP contribution in [0.1, 0.15) is 22.5 Å². The Morgan fingerprint density at radius 3 is 2.32 bits per heavy atom. The van der Waals surface area contributed by atoms with Crippen molar-refractivity contribution in [1.82, 2.24) is 14.8 Å². The molecular weight excluding hydrogens is 478 g/mol. The minimum absolute atomic E-state index is 0.138. The quantitative estimate of drug-likeness (QED) is 0.394. The Balaban J connectivity index is 1.18. The van der Waals surface area contributed by atoms with Crippen LogP contribution in [0.25, 0.3) is 21.9 Å². The lowest BCUT2D eigenvalue weighted by Gasteiger charge is -2.35. The van der Waals surface area contributed by atoms with Crippen molar-refractivity contribution < 1.29 is 14.4 Å². The summed E-state index contributed by atoms with van der Waals surface area (Å²) in [5, 5.41) is 10.6. The molecule has 4 heterocycles. The first-order chi connectivity index (χ1) is 18.6. The number of aromatic nitrogens is 1. The summed E-state index contributed by atoms with van der Waals surface area (Å²) in [5.41, 5.74) is 3.24. The summed E-state index contributed by atoms with van der Waals surface area (Å²) in [4.78, 5) is 49.5. The number of piperazine rings is 1. The van der Waals surface area contributed by atoms with E-state index in [0.717, 1.165) is 11.1 Å². The molecule has 0 aliphatic carbocycles. The van der Waals surface area contributed by atoms with Gasteiger partial charge in [-0.25, -0.2) is 14.7 Å². The maximum atomic E-state index is 13.7. The number of rotatable bonds is 3. The average molecular weight is 500 g/mol. The fourth-order valence-corrected chi connectivity index (χ4v) is 6.16. The number of pyridine rings is 1. The summed E-state index contributed by atoms with van der Waals surface area (Å²) in [6.45, 7) is 0.389. The molecule has 0 saturated carbocycles. The molecule has 0 N–H and O–H groups in total. The zero-order chi connectivity index (χ0) is 26.0. The molecule has 4 aromatic rings. The first-order valence-electron chi connectivity index (χ1n) is 12.5. The van der Waals surface area contributed by atoms with E-state index in [9.17, 15) is 19.6 Å². The van der Waals surface area contributed by atoms with E-state index in [0.29, 0.717) is 35.0 Å². The highest BCUT2D eigenvalue weighted by Crippen LogP contribution is 2.44. The predicted octanol–water partition coefficient (Wildman–Crippen LogP) is 4.21. The van der Waals surface area contributed by atoms with Crippen LogP contribution in [-0.2, 0) is 4.79 Å². The maximum absolute atomic E-state index is 13.7. The van der Waals surface area contributed by atoms with Crippen molar-refractivity contribution in [2.45, 2.75) is 24.5 Å². The normalized spacial score (nSPS) is 21.8. The van der Waals surface area contributed by atoms with Crippen molar-refractivity contribution in [3.05, 3.63) is 96.3 Å². The van der Waals surface area contributed by atoms with Crippen LogP contribution in [0, 0.1) is 11.3 Å². The van der Waals surface area contributed by atoms with Crippen molar-refractivity contribution in [3.8, 4) is 17.2 Å². The highest BCUT2D eigenvalue weighted by molar-refractivity contribution is 6.25. The molecule has 7 rings (SSSR count). The molecule has 4 amide bonds. The van der Waals surface area contributed by atoms with Gasteiger partial charge >= 0.3 is 6.03 Å². The number of nitrogens with zero attached hydrogens (tertiary/aromatic N) is 5. The van der Waals surface area contributed by atoms with Crippen LogP contribution in [0.5, 0.6) is 0 Å². The van der Waals surface area contributed by atoms with Gasteiger partial charge in [0, 0.05) is 22.9 Å². The molecule has 0 spiro atoms. The number of hydrogen-bond donors (Lipinski definition) is 0. The van der Waals surface area contributed by atoms with Crippen LogP contribution >= 0.6 is 0 Å². The Morgan fingerprint density at radius 2 is 1.58 bits per heavy atom. The van der Waals surface area contributed by atoms with Gasteiger partial charge in [0.25, 0.3) is 11.8 Å². The molecule has 184 valence electrons. The van der Waals surface area contributed by atoms with Gasteiger partial charge in [-0.3, -0.25) is 9.59 Å². The first kappa shape index (κ1) is 22.2. The Bertz CT molecular complexity index is 1680. The van der Waals surface area contributed by atoms with Gasteiger partial charge in [0.15, 0.2) is 0 Å². The first-order valence-corrected chi connectivity index (χ1v) is 12.5. The SMILES string of the molecule is N#Cc1ncc(N2C(=O)C3C4C[C@H](CN4C(=O)c4ccc(-c5ccccc5)cc4)N3C2=O)c2ccccc12. The maximum Gasteiger partial charge on any atom is 0.332 e. The molecule has 8 nitrogen and oxygen atoms in total. The average Bonchev–Trinajstić information content (AvgIpc) is 3.64. The lowest BCUT2D eigenvalue weighted by atomic mass is 10.0. The number of imide groups is 1. The number of nitriles is 1. The Hall–Kier alpha value is -5.03. The lowest BCUT2D eigenvalue weighted by Crippen LogP contribution is -2.54. The zero-order valence-electron chi connectivity index (χ0n) is 20.2. The van der Waals surface area contributed by atoms with Crippen LogP contribution in [-0.4, -0.2) is 57.3 Å². The summed E-state index contributed by atoms with van der Waals surface area (Å²) in [5.74, 6) is -0.503. The van der Waals surface area contributed by atoms with Crippen LogP contribution in [0.3, 0.4) is 0 Å². The molecule has 3 aromatic carbocycles. The third-order valence-electron chi connectivity index (χ3n) is 7.89. The van der Waals surface area contributed by atoms with Gasteiger partial charge in [0.05, 0.1) is 24.0 Å². The van der Waals surface area contributed by atoms with Gasteiger partial charge < -0.3 is 9.80 Å². The van der Waals surface area contributed by atoms with Crippen LogP contribution < -0.4 is 4.90 Å². The Kier molecular flexibility index (Phi) is 4.82. The molecule has 3 aliphatic rings. The number of carbonyl (C=O) groups excluding carboxylic acids is 3. The summed E-state index contributed by atoms with van der Waals surface area (Å²) < 4.78 is 0. The van der Waals surface area contributed by atoms with Crippen LogP contribution in [0.4, 0.5) is 10.5 Å². The predicted molar refractivity (Wildman–Crippen MR) is 140 cm³/mol. The van der Waals surface area contributed by atoms with E-state index < -0.39 is 12.1 Å². The van der Waals surface area contributed by atoms with Crippen molar-refractivity contribution in [2.24, 2.45) is 0 Å². The molecule has 3 saturated heterocycles. The number of carbonyl (C=O) groups is 3. The topological polar surface area (TPSA) is 97.6 Å². The zero-order valence-corrected chi connectivity index (χ0v) is 20.2. The van der Waals surface area contributed by atoms with Gasteiger partial charge in [-0.15, -0.1) is 0 Å². The molecule has 8 heteroatoms. The number of hydrogen-bond acceptors (Lipinski definition) is 5. The molecule has 3 fully saturated rings. The van der Waals surface area contributed by atoms with E-state index in [2.05, 4.69) is 11.1 Å². The summed E-state index contributed by atoms with van der Waals surface area (Å²) >= 11 is 0. The molecule has 38 heavy (non-hydrogen) atoms. The minimum atomic E-state index is -0.733. The number of urea groups is 1. The molecule has 3 aliphatic heterocycles. The number of benzene rings is 3. The third kappa shape index (κ3) is 3.08. The highest BCUT2D eigenvalue weighted by atomic mass is 16.2. The minimum Gasteiger partial charge on any atom is -0.331 e. The number of fused-ring (bicyclic) bond motifs is 6. The van der Waals surface area contributed by atoms with Crippen molar-refractivity contribution in [2.75, 3.05) is 11.4 Å². The number of likely N-dealkylation sites (tertiary alicyclic amines) is 1. The fourth-order valence-electron chi connectivity index (χ4n) is 6.16. The van der Waals surface area contributed by atoms with Gasteiger partial charge in [-0.2, -0.15) is 5.26 Å². The largest absolute Gasteiger partial charge is 0.332 e. The fraction of sp³-hybridized carbons (Fsp3) is 0.167. The van der Waals surface area contributed by atoms with Gasteiger partial charge in [-0.05, 0) is 29.7 Å². The van der Waals surface area contributed by atoms with Crippen LogP contribution in [0.2, 0.25) is 0 Å². The highest BCUT2D eigenvalue weighted by Gasteiger charge is 2.63. The monoisotopic (exact) mass is 499 g/mol. The van der Waals surface area contributed by atoms with Gasteiger partial charge in [-0.1, -0.05) is 66.7 Å². The molecule has 2 bridgehead atoms. The second-order valence-electron chi connectivity index (χ2n) is 9.82. The standard InChI is InChI=1S/C30H21N5O3/c31-15-24-22-8-4-5-9-23(22)26(16-32-24)35-29(37)27-25-14-21(34(27)30(35)38)17-33(25)28(36)20-12-10-19(11-13-20)18-6-2-1-3-7-18/h1-13,16,21,25,27H,14,17H2/t21-,25?,27?/m1/s1. The third-order valence-corrected chi connectivity index (χ3v) is 7.89. The molecular formula is C30H21N5O3.